The lowest BCUT2D eigenvalue weighted by molar-refractivity contribution is -0.113. The molecule has 1 aliphatic carbocycles. The Morgan fingerprint density at radius 2 is 2.21 bits per heavy atom. The molecular weight excluding hydrogens is 340 g/mol. The summed E-state index contributed by atoms with van der Waals surface area (Å²) in [7, 11) is 1.90. The second-order valence-electron chi connectivity index (χ2n) is 5.89. The number of fused-ring (bicyclic) bond motifs is 1. The average molecular weight is 361 g/mol. The van der Waals surface area contributed by atoms with E-state index in [9.17, 15) is 10.1 Å². The quantitative estimate of drug-likeness (QED) is 0.843. The molecule has 0 atom stereocenters. The van der Waals surface area contributed by atoms with Gasteiger partial charge in [0, 0.05) is 24.3 Å². The van der Waals surface area contributed by atoms with E-state index in [4.69, 9.17) is 0 Å². The molecule has 0 aliphatic heterocycles. The van der Waals surface area contributed by atoms with Crippen molar-refractivity contribution in [1.82, 2.24) is 9.55 Å². The Morgan fingerprint density at radius 1 is 1.42 bits per heavy atom. The fourth-order valence-corrected chi connectivity index (χ4v) is 4.90. The van der Waals surface area contributed by atoms with Gasteiger partial charge in [0.05, 0.1) is 11.3 Å². The van der Waals surface area contributed by atoms with Crippen molar-refractivity contribution < 1.29 is 4.79 Å². The highest BCUT2D eigenvalue weighted by atomic mass is 32.2. The summed E-state index contributed by atoms with van der Waals surface area (Å²) in [6.07, 6.45) is 10.3. The SMILES string of the molecule is Cn1ccnc1SCC(=O)Nc1sc2c(c1C#N)CCCCCC2. The van der Waals surface area contributed by atoms with Gasteiger partial charge in [-0.05, 0) is 31.2 Å². The minimum absolute atomic E-state index is 0.0891. The maximum Gasteiger partial charge on any atom is 0.235 e. The number of aryl methyl sites for hydroxylation is 2. The summed E-state index contributed by atoms with van der Waals surface area (Å²) >= 11 is 2.98. The van der Waals surface area contributed by atoms with E-state index in [1.54, 1.807) is 17.5 Å². The first-order chi connectivity index (χ1) is 11.7. The molecule has 2 heterocycles. The molecule has 7 heteroatoms. The lowest BCUT2D eigenvalue weighted by atomic mass is 9.97. The molecule has 0 saturated heterocycles. The van der Waals surface area contributed by atoms with Gasteiger partial charge in [0.25, 0.3) is 0 Å². The Hall–Kier alpha value is -1.78. The normalized spacial score (nSPS) is 14.3. The lowest BCUT2D eigenvalue weighted by Crippen LogP contribution is -2.14. The average Bonchev–Trinajstić information content (AvgIpc) is 3.08. The molecule has 2 aromatic heterocycles. The van der Waals surface area contributed by atoms with Crippen LogP contribution in [0.4, 0.5) is 5.00 Å². The van der Waals surface area contributed by atoms with E-state index in [0.717, 1.165) is 35.0 Å². The van der Waals surface area contributed by atoms with Gasteiger partial charge >= 0.3 is 0 Å². The van der Waals surface area contributed by atoms with Crippen LogP contribution < -0.4 is 5.32 Å². The molecule has 0 aromatic carbocycles. The van der Waals surface area contributed by atoms with Crippen molar-refractivity contribution in [1.29, 1.82) is 5.26 Å². The van der Waals surface area contributed by atoms with E-state index in [0.29, 0.717) is 5.56 Å². The molecule has 0 spiro atoms. The molecule has 0 saturated carbocycles. The standard InChI is InChI=1S/C17H20N4OS2/c1-21-9-8-19-17(21)23-11-15(22)20-16-13(10-18)12-6-4-2-3-5-7-14(12)24-16/h8-9H,2-7,11H2,1H3,(H,20,22). The molecule has 1 N–H and O–H groups in total. The van der Waals surface area contributed by atoms with Crippen LogP contribution in [0.3, 0.4) is 0 Å². The molecule has 3 rings (SSSR count). The zero-order valence-corrected chi connectivity index (χ0v) is 15.3. The third-order valence-corrected chi connectivity index (χ3v) is 6.41. The van der Waals surface area contributed by atoms with E-state index in [2.05, 4.69) is 16.4 Å². The second kappa shape index (κ2) is 7.86. The lowest BCUT2D eigenvalue weighted by Gasteiger charge is -2.08. The summed E-state index contributed by atoms with van der Waals surface area (Å²) in [6.45, 7) is 0. The largest absolute Gasteiger partial charge is 0.329 e. The summed E-state index contributed by atoms with van der Waals surface area (Å²) in [6, 6.07) is 2.31. The van der Waals surface area contributed by atoms with Gasteiger partial charge < -0.3 is 9.88 Å². The third-order valence-electron chi connectivity index (χ3n) is 4.15. The summed E-state index contributed by atoms with van der Waals surface area (Å²) < 4.78 is 1.88. The van der Waals surface area contributed by atoms with Gasteiger partial charge in [-0.25, -0.2) is 4.98 Å². The van der Waals surface area contributed by atoms with Gasteiger partial charge in [0.15, 0.2) is 5.16 Å². The first-order valence-electron chi connectivity index (χ1n) is 8.13. The Labute approximate surface area is 150 Å². The van der Waals surface area contributed by atoms with Crippen LogP contribution in [0.15, 0.2) is 17.6 Å². The molecule has 1 aliphatic rings. The van der Waals surface area contributed by atoms with Gasteiger partial charge in [-0.3, -0.25) is 4.79 Å². The van der Waals surface area contributed by atoms with Crippen LogP contribution in [0.1, 0.15) is 41.7 Å². The number of nitriles is 1. The molecule has 5 nitrogen and oxygen atoms in total. The minimum Gasteiger partial charge on any atom is -0.329 e. The Bertz CT molecular complexity index is 772. The van der Waals surface area contributed by atoms with Crippen LogP contribution in [-0.4, -0.2) is 21.2 Å². The van der Waals surface area contributed by atoms with Gasteiger partial charge in [-0.2, -0.15) is 5.26 Å². The predicted molar refractivity (Wildman–Crippen MR) is 97.5 cm³/mol. The van der Waals surface area contributed by atoms with E-state index >= 15 is 0 Å². The molecule has 1 amide bonds. The number of hydrogen-bond acceptors (Lipinski definition) is 5. The number of imidazole rings is 1. The van der Waals surface area contributed by atoms with Crippen LogP contribution >= 0.6 is 23.1 Å². The van der Waals surface area contributed by atoms with Gasteiger partial charge in [0.2, 0.25) is 5.91 Å². The predicted octanol–water partition coefficient (Wildman–Crippen LogP) is 3.74. The number of nitrogens with one attached hydrogen (secondary N) is 1. The molecule has 126 valence electrons. The van der Waals surface area contributed by atoms with Crippen molar-refractivity contribution in [3.63, 3.8) is 0 Å². The van der Waals surface area contributed by atoms with Crippen molar-refractivity contribution in [3.8, 4) is 6.07 Å². The number of thioether (sulfide) groups is 1. The molecule has 2 aromatic rings. The fraction of sp³-hybridized carbons (Fsp3) is 0.471. The minimum atomic E-state index is -0.0891. The number of hydrogen-bond donors (Lipinski definition) is 1. The molecule has 0 unspecified atom stereocenters. The molecule has 24 heavy (non-hydrogen) atoms. The summed E-state index contributed by atoms with van der Waals surface area (Å²) in [4.78, 5) is 17.7. The number of aromatic nitrogens is 2. The van der Waals surface area contributed by atoms with Gasteiger partial charge in [0.1, 0.15) is 11.1 Å². The number of anilines is 1. The number of thiophene rings is 1. The Kier molecular flexibility index (Phi) is 5.59. The summed E-state index contributed by atoms with van der Waals surface area (Å²) in [5.41, 5.74) is 1.83. The van der Waals surface area contributed by atoms with E-state index < -0.39 is 0 Å². The van der Waals surface area contributed by atoms with Crippen molar-refractivity contribution >= 4 is 34.0 Å². The molecule has 0 radical (unpaired) electrons. The number of rotatable bonds is 4. The maximum absolute atomic E-state index is 12.3. The highest BCUT2D eigenvalue weighted by molar-refractivity contribution is 7.99. The van der Waals surface area contributed by atoms with Crippen LogP contribution in [0.5, 0.6) is 0 Å². The molecule has 0 fully saturated rings. The second-order valence-corrected chi connectivity index (χ2v) is 7.94. The number of carbonyl (C=O) groups is 1. The zero-order valence-electron chi connectivity index (χ0n) is 13.7. The summed E-state index contributed by atoms with van der Waals surface area (Å²) in [5.74, 6) is 0.201. The van der Waals surface area contributed by atoms with Crippen molar-refractivity contribution in [2.24, 2.45) is 7.05 Å². The zero-order chi connectivity index (χ0) is 16.9. The van der Waals surface area contributed by atoms with E-state index in [1.165, 1.54) is 35.9 Å². The van der Waals surface area contributed by atoms with Crippen molar-refractivity contribution in [3.05, 3.63) is 28.4 Å². The molecule has 0 bridgehead atoms. The van der Waals surface area contributed by atoms with Crippen LogP contribution in [0.25, 0.3) is 0 Å². The maximum atomic E-state index is 12.3. The number of carbonyl (C=O) groups excluding carboxylic acids is 1. The summed E-state index contributed by atoms with van der Waals surface area (Å²) in [5, 5.41) is 14.0. The monoisotopic (exact) mass is 360 g/mol. The Morgan fingerprint density at radius 3 is 2.92 bits per heavy atom. The first kappa shape index (κ1) is 17.1. The van der Waals surface area contributed by atoms with E-state index in [1.807, 2.05) is 17.8 Å². The fourth-order valence-electron chi connectivity index (χ4n) is 2.91. The van der Waals surface area contributed by atoms with Gasteiger partial charge in [-0.15, -0.1) is 11.3 Å². The highest BCUT2D eigenvalue weighted by Gasteiger charge is 2.20. The molecular formula is C17H20N4OS2. The van der Waals surface area contributed by atoms with Gasteiger partial charge in [-0.1, -0.05) is 24.6 Å². The first-order valence-corrected chi connectivity index (χ1v) is 9.94. The Balaban J connectivity index is 1.70. The van der Waals surface area contributed by atoms with E-state index in [-0.39, 0.29) is 11.7 Å². The smallest absolute Gasteiger partial charge is 0.235 e. The van der Waals surface area contributed by atoms with Crippen molar-refractivity contribution in [2.75, 3.05) is 11.1 Å². The van der Waals surface area contributed by atoms with Crippen molar-refractivity contribution in [2.45, 2.75) is 43.7 Å². The van der Waals surface area contributed by atoms with Crippen LogP contribution in [0, 0.1) is 11.3 Å². The number of nitrogens with zero attached hydrogens (tertiary/aromatic N) is 3. The van der Waals surface area contributed by atoms with Crippen LogP contribution in [0.2, 0.25) is 0 Å². The third kappa shape index (κ3) is 3.82. The van der Waals surface area contributed by atoms with Crippen LogP contribution in [-0.2, 0) is 24.7 Å². The number of amides is 1. The topological polar surface area (TPSA) is 70.7 Å². The highest BCUT2D eigenvalue weighted by Crippen LogP contribution is 2.36.